The Morgan fingerprint density at radius 3 is 2.93 bits per heavy atom. The third-order valence-electron chi connectivity index (χ3n) is 3.19. The number of fused-ring (bicyclic) bond motifs is 1. The number of aryl methyl sites for hydroxylation is 1. The number of benzene rings is 1. The second kappa shape index (κ2) is 4.77. The summed E-state index contributed by atoms with van der Waals surface area (Å²) in [7, 11) is 0. The SMILES string of the molecule is CCc1ccc2c(c1)CCN(CCO)C2. The van der Waals surface area contributed by atoms with Crippen molar-refractivity contribution < 1.29 is 5.11 Å². The van der Waals surface area contributed by atoms with Crippen LogP contribution in [0.25, 0.3) is 0 Å². The van der Waals surface area contributed by atoms with E-state index in [4.69, 9.17) is 5.11 Å². The smallest absolute Gasteiger partial charge is 0.0558 e. The lowest BCUT2D eigenvalue weighted by Crippen LogP contribution is -2.32. The van der Waals surface area contributed by atoms with E-state index in [1.54, 1.807) is 0 Å². The van der Waals surface area contributed by atoms with Crippen LogP contribution in [-0.4, -0.2) is 29.7 Å². The maximum absolute atomic E-state index is 8.91. The molecule has 1 aliphatic rings. The maximum Gasteiger partial charge on any atom is 0.0558 e. The number of hydrogen-bond acceptors (Lipinski definition) is 2. The van der Waals surface area contributed by atoms with E-state index >= 15 is 0 Å². The first-order chi connectivity index (χ1) is 7.33. The molecule has 1 aliphatic heterocycles. The highest BCUT2D eigenvalue weighted by molar-refractivity contribution is 5.33. The molecular formula is C13H19NO. The standard InChI is InChI=1S/C13H19NO/c1-2-11-3-4-13-10-14(7-8-15)6-5-12(13)9-11/h3-4,9,15H,2,5-8,10H2,1H3. The van der Waals surface area contributed by atoms with Crippen molar-refractivity contribution in [3.8, 4) is 0 Å². The summed E-state index contributed by atoms with van der Waals surface area (Å²) in [4.78, 5) is 2.31. The Kier molecular flexibility index (Phi) is 3.39. The van der Waals surface area contributed by atoms with Crippen LogP contribution in [0.4, 0.5) is 0 Å². The van der Waals surface area contributed by atoms with Gasteiger partial charge in [0, 0.05) is 19.6 Å². The molecule has 0 saturated heterocycles. The lowest BCUT2D eigenvalue weighted by atomic mass is 9.96. The highest BCUT2D eigenvalue weighted by Gasteiger charge is 2.15. The van der Waals surface area contributed by atoms with Crippen LogP contribution in [0.2, 0.25) is 0 Å². The zero-order valence-electron chi connectivity index (χ0n) is 9.37. The molecule has 0 radical (unpaired) electrons. The summed E-state index contributed by atoms with van der Waals surface area (Å²) in [5.74, 6) is 0. The van der Waals surface area contributed by atoms with Gasteiger partial charge in [0.05, 0.1) is 6.61 Å². The molecule has 0 atom stereocenters. The minimum Gasteiger partial charge on any atom is -0.395 e. The topological polar surface area (TPSA) is 23.5 Å². The fraction of sp³-hybridized carbons (Fsp3) is 0.538. The van der Waals surface area contributed by atoms with Crippen molar-refractivity contribution in [3.05, 3.63) is 34.9 Å². The average molecular weight is 205 g/mol. The van der Waals surface area contributed by atoms with Crippen molar-refractivity contribution in [1.29, 1.82) is 0 Å². The molecule has 2 rings (SSSR count). The number of aliphatic hydroxyl groups excluding tert-OH is 1. The number of rotatable bonds is 3. The normalized spacial score (nSPS) is 16.4. The average Bonchev–Trinajstić information content (AvgIpc) is 2.29. The van der Waals surface area contributed by atoms with Gasteiger partial charge in [-0.2, -0.15) is 0 Å². The summed E-state index contributed by atoms with van der Waals surface area (Å²) >= 11 is 0. The summed E-state index contributed by atoms with van der Waals surface area (Å²) in [6, 6.07) is 6.81. The first kappa shape index (κ1) is 10.7. The van der Waals surface area contributed by atoms with Crippen LogP contribution in [-0.2, 0) is 19.4 Å². The molecule has 1 aromatic rings. The molecule has 2 heteroatoms. The molecule has 0 bridgehead atoms. The van der Waals surface area contributed by atoms with E-state index in [0.717, 1.165) is 32.5 Å². The molecule has 0 unspecified atom stereocenters. The Hall–Kier alpha value is -0.860. The van der Waals surface area contributed by atoms with Crippen LogP contribution < -0.4 is 0 Å². The second-order valence-corrected chi connectivity index (χ2v) is 4.21. The van der Waals surface area contributed by atoms with Crippen molar-refractivity contribution in [2.45, 2.75) is 26.3 Å². The van der Waals surface area contributed by atoms with Crippen LogP contribution in [0.5, 0.6) is 0 Å². The number of aliphatic hydroxyl groups is 1. The Morgan fingerprint density at radius 1 is 1.33 bits per heavy atom. The van der Waals surface area contributed by atoms with Gasteiger partial charge in [-0.05, 0) is 29.5 Å². The largest absolute Gasteiger partial charge is 0.395 e. The van der Waals surface area contributed by atoms with Crippen molar-refractivity contribution in [1.82, 2.24) is 4.90 Å². The summed E-state index contributed by atoms with van der Waals surface area (Å²) in [6.45, 7) is 5.35. The van der Waals surface area contributed by atoms with Gasteiger partial charge >= 0.3 is 0 Å². The van der Waals surface area contributed by atoms with E-state index in [9.17, 15) is 0 Å². The monoisotopic (exact) mass is 205 g/mol. The third-order valence-corrected chi connectivity index (χ3v) is 3.19. The fourth-order valence-corrected chi connectivity index (χ4v) is 2.22. The Morgan fingerprint density at radius 2 is 2.20 bits per heavy atom. The summed E-state index contributed by atoms with van der Waals surface area (Å²) < 4.78 is 0. The zero-order valence-corrected chi connectivity index (χ0v) is 9.37. The zero-order chi connectivity index (χ0) is 10.7. The molecule has 0 amide bonds. The van der Waals surface area contributed by atoms with E-state index in [2.05, 4.69) is 30.0 Å². The van der Waals surface area contributed by atoms with E-state index < -0.39 is 0 Å². The van der Waals surface area contributed by atoms with Crippen LogP contribution in [0.1, 0.15) is 23.6 Å². The van der Waals surface area contributed by atoms with E-state index in [1.807, 2.05) is 0 Å². The molecule has 0 saturated carbocycles. The van der Waals surface area contributed by atoms with Crippen LogP contribution in [0.3, 0.4) is 0 Å². The second-order valence-electron chi connectivity index (χ2n) is 4.21. The van der Waals surface area contributed by atoms with Crippen LogP contribution in [0, 0.1) is 0 Å². The van der Waals surface area contributed by atoms with Crippen LogP contribution in [0.15, 0.2) is 18.2 Å². The molecule has 15 heavy (non-hydrogen) atoms. The number of nitrogens with zero attached hydrogens (tertiary/aromatic N) is 1. The van der Waals surface area contributed by atoms with Crippen molar-refractivity contribution in [2.75, 3.05) is 19.7 Å². The quantitative estimate of drug-likeness (QED) is 0.810. The van der Waals surface area contributed by atoms with Crippen LogP contribution >= 0.6 is 0 Å². The van der Waals surface area contributed by atoms with Gasteiger partial charge < -0.3 is 5.11 Å². The highest BCUT2D eigenvalue weighted by atomic mass is 16.3. The van der Waals surface area contributed by atoms with Crippen molar-refractivity contribution in [3.63, 3.8) is 0 Å². The van der Waals surface area contributed by atoms with Gasteiger partial charge in [-0.25, -0.2) is 0 Å². The van der Waals surface area contributed by atoms with Gasteiger partial charge in [0.1, 0.15) is 0 Å². The number of hydrogen-bond donors (Lipinski definition) is 1. The van der Waals surface area contributed by atoms with Crippen molar-refractivity contribution >= 4 is 0 Å². The van der Waals surface area contributed by atoms with Gasteiger partial charge in [0.2, 0.25) is 0 Å². The molecule has 1 N–H and O–H groups in total. The molecule has 1 aromatic carbocycles. The lowest BCUT2D eigenvalue weighted by molar-refractivity contribution is 0.184. The molecule has 1 heterocycles. The minimum atomic E-state index is 0.266. The molecule has 0 fully saturated rings. The predicted molar refractivity (Wildman–Crippen MR) is 61.9 cm³/mol. The fourth-order valence-electron chi connectivity index (χ4n) is 2.22. The first-order valence-corrected chi connectivity index (χ1v) is 5.77. The summed E-state index contributed by atoms with van der Waals surface area (Å²) in [5, 5.41) is 8.91. The van der Waals surface area contributed by atoms with Gasteiger partial charge in [-0.1, -0.05) is 25.1 Å². The maximum atomic E-state index is 8.91. The van der Waals surface area contributed by atoms with E-state index in [-0.39, 0.29) is 6.61 Å². The highest BCUT2D eigenvalue weighted by Crippen LogP contribution is 2.20. The predicted octanol–water partition coefficient (Wildman–Crippen LogP) is 1.60. The van der Waals surface area contributed by atoms with E-state index in [0.29, 0.717) is 0 Å². The molecule has 0 aliphatic carbocycles. The molecular weight excluding hydrogens is 186 g/mol. The van der Waals surface area contributed by atoms with Gasteiger partial charge in [0.25, 0.3) is 0 Å². The Bertz CT molecular complexity index is 335. The van der Waals surface area contributed by atoms with E-state index in [1.165, 1.54) is 16.7 Å². The first-order valence-electron chi connectivity index (χ1n) is 5.77. The van der Waals surface area contributed by atoms with Gasteiger partial charge in [-0.15, -0.1) is 0 Å². The van der Waals surface area contributed by atoms with Gasteiger partial charge in [0.15, 0.2) is 0 Å². The minimum absolute atomic E-state index is 0.266. The van der Waals surface area contributed by atoms with Gasteiger partial charge in [-0.3, -0.25) is 4.90 Å². The molecule has 2 nitrogen and oxygen atoms in total. The summed E-state index contributed by atoms with van der Waals surface area (Å²) in [5.41, 5.74) is 4.37. The Balaban J connectivity index is 2.13. The third kappa shape index (κ3) is 2.39. The van der Waals surface area contributed by atoms with Crippen molar-refractivity contribution in [2.24, 2.45) is 0 Å². The Labute approximate surface area is 91.5 Å². The molecule has 0 aromatic heterocycles. The lowest BCUT2D eigenvalue weighted by Gasteiger charge is -2.28. The molecule has 82 valence electrons. The molecule has 0 spiro atoms. The summed E-state index contributed by atoms with van der Waals surface area (Å²) in [6.07, 6.45) is 2.25. The number of β-amino-alcohol motifs (C(OH)–C–C–N with tert-alkyl or cyclic N) is 1.